The standard InChI is InChI=1S/C15H22N4/c1-12-5-6-14(11-13(12)2)15(7-9-18(3)4)19-10-8-16-17-19/h5-6,8,10-11,15H,7,9H2,1-4H3. The van der Waals surface area contributed by atoms with Crippen molar-refractivity contribution in [1.29, 1.82) is 0 Å². The molecule has 0 spiro atoms. The molecule has 0 N–H and O–H groups in total. The van der Waals surface area contributed by atoms with Crippen LogP contribution in [0, 0.1) is 13.8 Å². The quantitative estimate of drug-likeness (QED) is 0.826. The summed E-state index contributed by atoms with van der Waals surface area (Å²) in [7, 11) is 4.19. The van der Waals surface area contributed by atoms with Gasteiger partial charge >= 0.3 is 0 Å². The Balaban J connectivity index is 2.28. The second-order valence-corrected chi connectivity index (χ2v) is 5.33. The Bertz CT molecular complexity index is 517. The molecule has 0 saturated carbocycles. The Kier molecular flexibility index (Phi) is 4.32. The molecule has 0 bridgehead atoms. The SMILES string of the molecule is Cc1ccc(C(CCN(C)C)n2ccnn2)cc1C. The zero-order valence-electron chi connectivity index (χ0n) is 12.2. The fraction of sp³-hybridized carbons (Fsp3) is 0.467. The van der Waals surface area contributed by atoms with Gasteiger partial charge in [0.25, 0.3) is 0 Å². The van der Waals surface area contributed by atoms with Gasteiger partial charge in [-0.2, -0.15) is 0 Å². The molecule has 4 heteroatoms. The van der Waals surface area contributed by atoms with Crippen molar-refractivity contribution in [3.8, 4) is 0 Å². The van der Waals surface area contributed by atoms with Gasteiger partial charge in [-0.1, -0.05) is 23.4 Å². The number of hydrogen-bond donors (Lipinski definition) is 0. The smallest absolute Gasteiger partial charge is 0.0798 e. The van der Waals surface area contributed by atoms with E-state index in [1.54, 1.807) is 6.20 Å². The van der Waals surface area contributed by atoms with E-state index >= 15 is 0 Å². The molecule has 1 unspecified atom stereocenters. The lowest BCUT2D eigenvalue weighted by atomic mass is 9.99. The molecule has 0 fully saturated rings. The topological polar surface area (TPSA) is 34.0 Å². The Morgan fingerprint density at radius 1 is 1.21 bits per heavy atom. The number of nitrogens with zero attached hydrogens (tertiary/aromatic N) is 4. The zero-order chi connectivity index (χ0) is 13.8. The minimum absolute atomic E-state index is 0.254. The molecule has 4 nitrogen and oxygen atoms in total. The molecule has 0 aliphatic heterocycles. The summed E-state index contributed by atoms with van der Waals surface area (Å²) in [6, 6.07) is 6.90. The molecular formula is C15H22N4. The first-order valence-corrected chi connectivity index (χ1v) is 6.65. The van der Waals surface area contributed by atoms with E-state index in [9.17, 15) is 0 Å². The number of aryl methyl sites for hydroxylation is 2. The van der Waals surface area contributed by atoms with Crippen molar-refractivity contribution in [2.75, 3.05) is 20.6 Å². The summed E-state index contributed by atoms with van der Waals surface area (Å²) in [5.41, 5.74) is 3.96. The van der Waals surface area contributed by atoms with Gasteiger partial charge in [-0.25, -0.2) is 4.68 Å². The predicted octanol–water partition coefficient (Wildman–Crippen LogP) is 2.44. The Hall–Kier alpha value is -1.68. The van der Waals surface area contributed by atoms with Crippen LogP contribution < -0.4 is 0 Å². The van der Waals surface area contributed by atoms with Crippen LogP contribution in [0.1, 0.15) is 29.2 Å². The van der Waals surface area contributed by atoms with Crippen LogP contribution in [0.5, 0.6) is 0 Å². The highest BCUT2D eigenvalue weighted by Gasteiger charge is 2.15. The molecule has 1 aromatic heterocycles. The van der Waals surface area contributed by atoms with Crippen molar-refractivity contribution in [1.82, 2.24) is 19.9 Å². The van der Waals surface area contributed by atoms with E-state index in [0.717, 1.165) is 13.0 Å². The van der Waals surface area contributed by atoms with Crippen LogP contribution in [0.25, 0.3) is 0 Å². The summed E-state index contributed by atoms with van der Waals surface area (Å²) in [6.45, 7) is 5.32. The normalized spacial score (nSPS) is 12.9. The molecule has 1 aromatic carbocycles. The lowest BCUT2D eigenvalue weighted by Gasteiger charge is -2.20. The third kappa shape index (κ3) is 3.41. The van der Waals surface area contributed by atoms with Gasteiger partial charge in [0.2, 0.25) is 0 Å². The first kappa shape index (κ1) is 13.7. The summed E-state index contributed by atoms with van der Waals surface area (Å²) in [6.07, 6.45) is 4.71. The molecular weight excluding hydrogens is 236 g/mol. The fourth-order valence-electron chi connectivity index (χ4n) is 2.19. The van der Waals surface area contributed by atoms with Gasteiger partial charge in [0, 0.05) is 6.20 Å². The van der Waals surface area contributed by atoms with Crippen LogP contribution in [0.2, 0.25) is 0 Å². The highest BCUT2D eigenvalue weighted by molar-refractivity contribution is 5.32. The van der Waals surface area contributed by atoms with Gasteiger partial charge in [-0.3, -0.25) is 0 Å². The van der Waals surface area contributed by atoms with Crippen LogP contribution in [-0.2, 0) is 0 Å². The molecule has 0 amide bonds. The number of rotatable bonds is 5. The maximum atomic E-state index is 4.17. The van der Waals surface area contributed by atoms with E-state index in [4.69, 9.17) is 0 Å². The monoisotopic (exact) mass is 258 g/mol. The molecule has 19 heavy (non-hydrogen) atoms. The molecule has 0 saturated heterocycles. The molecule has 2 rings (SSSR count). The maximum Gasteiger partial charge on any atom is 0.0798 e. The third-order valence-corrected chi connectivity index (χ3v) is 3.53. The largest absolute Gasteiger partial charge is 0.309 e. The average Bonchev–Trinajstić information content (AvgIpc) is 2.87. The summed E-state index contributed by atoms with van der Waals surface area (Å²) in [4.78, 5) is 2.20. The third-order valence-electron chi connectivity index (χ3n) is 3.53. The van der Waals surface area contributed by atoms with E-state index in [1.807, 2.05) is 10.9 Å². The predicted molar refractivity (Wildman–Crippen MR) is 77.2 cm³/mol. The van der Waals surface area contributed by atoms with Gasteiger partial charge in [0.1, 0.15) is 0 Å². The van der Waals surface area contributed by atoms with Crippen LogP contribution in [-0.4, -0.2) is 40.5 Å². The molecule has 102 valence electrons. The summed E-state index contributed by atoms with van der Waals surface area (Å²) in [5, 5.41) is 8.11. The van der Waals surface area contributed by atoms with Crippen LogP contribution in [0.3, 0.4) is 0 Å². The first-order chi connectivity index (χ1) is 9.08. The molecule has 0 radical (unpaired) electrons. The molecule has 1 atom stereocenters. The van der Waals surface area contributed by atoms with Gasteiger partial charge in [0.15, 0.2) is 0 Å². The van der Waals surface area contributed by atoms with E-state index < -0.39 is 0 Å². The highest BCUT2D eigenvalue weighted by Crippen LogP contribution is 2.23. The number of benzene rings is 1. The van der Waals surface area contributed by atoms with E-state index in [2.05, 4.69) is 61.4 Å². The average molecular weight is 258 g/mol. The van der Waals surface area contributed by atoms with Gasteiger partial charge < -0.3 is 4.90 Å². The van der Waals surface area contributed by atoms with Gasteiger partial charge in [-0.15, -0.1) is 5.10 Å². The van der Waals surface area contributed by atoms with Crippen LogP contribution >= 0.6 is 0 Å². The van der Waals surface area contributed by atoms with Gasteiger partial charge in [-0.05, 0) is 57.6 Å². The van der Waals surface area contributed by atoms with E-state index in [-0.39, 0.29) is 6.04 Å². The Morgan fingerprint density at radius 3 is 2.58 bits per heavy atom. The molecule has 0 aliphatic rings. The summed E-state index contributed by atoms with van der Waals surface area (Å²) >= 11 is 0. The summed E-state index contributed by atoms with van der Waals surface area (Å²) < 4.78 is 1.95. The van der Waals surface area contributed by atoms with Gasteiger partial charge in [0.05, 0.1) is 12.2 Å². The second-order valence-electron chi connectivity index (χ2n) is 5.33. The Morgan fingerprint density at radius 2 is 2.00 bits per heavy atom. The van der Waals surface area contributed by atoms with Crippen LogP contribution in [0.15, 0.2) is 30.6 Å². The minimum atomic E-state index is 0.254. The summed E-state index contributed by atoms with van der Waals surface area (Å²) in [5.74, 6) is 0. The maximum absolute atomic E-state index is 4.17. The van der Waals surface area contributed by atoms with Crippen molar-refractivity contribution < 1.29 is 0 Å². The fourth-order valence-corrected chi connectivity index (χ4v) is 2.19. The van der Waals surface area contributed by atoms with Crippen molar-refractivity contribution >= 4 is 0 Å². The highest BCUT2D eigenvalue weighted by atomic mass is 15.4. The lowest BCUT2D eigenvalue weighted by molar-refractivity contribution is 0.354. The minimum Gasteiger partial charge on any atom is -0.309 e. The van der Waals surface area contributed by atoms with Crippen LogP contribution in [0.4, 0.5) is 0 Å². The van der Waals surface area contributed by atoms with Crippen molar-refractivity contribution in [2.45, 2.75) is 26.3 Å². The molecule has 1 heterocycles. The van der Waals surface area contributed by atoms with E-state index in [0.29, 0.717) is 0 Å². The first-order valence-electron chi connectivity index (χ1n) is 6.65. The number of hydrogen-bond acceptors (Lipinski definition) is 3. The zero-order valence-corrected chi connectivity index (χ0v) is 12.2. The van der Waals surface area contributed by atoms with E-state index in [1.165, 1.54) is 16.7 Å². The second kappa shape index (κ2) is 5.97. The number of aromatic nitrogens is 3. The molecule has 2 aromatic rings. The van der Waals surface area contributed by atoms with Crippen molar-refractivity contribution in [3.05, 3.63) is 47.3 Å². The van der Waals surface area contributed by atoms with Crippen molar-refractivity contribution in [3.63, 3.8) is 0 Å². The molecule has 0 aliphatic carbocycles. The van der Waals surface area contributed by atoms with Crippen molar-refractivity contribution in [2.24, 2.45) is 0 Å². The lowest BCUT2D eigenvalue weighted by Crippen LogP contribution is -2.20. The Labute approximate surface area is 115 Å².